The number of hydrogen-bond acceptors (Lipinski definition) is 4. The van der Waals surface area contributed by atoms with Crippen molar-refractivity contribution in [2.24, 2.45) is 5.73 Å². The monoisotopic (exact) mass is 304 g/mol. The molecule has 0 atom stereocenters. The van der Waals surface area contributed by atoms with Gasteiger partial charge in [0.2, 0.25) is 12.7 Å². The first kappa shape index (κ1) is 13.6. The molecule has 0 aliphatic carbocycles. The number of amides is 1. The molecule has 1 amide bonds. The molecular weight excluding hydrogens is 292 g/mol. The van der Waals surface area contributed by atoms with E-state index in [4.69, 9.17) is 26.8 Å². The van der Waals surface area contributed by atoms with Gasteiger partial charge in [-0.1, -0.05) is 11.6 Å². The van der Waals surface area contributed by atoms with E-state index < -0.39 is 5.91 Å². The van der Waals surface area contributed by atoms with E-state index in [1.54, 1.807) is 24.3 Å². The third-order valence-electron chi connectivity index (χ3n) is 3.15. The van der Waals surface area contributed by atoms with E-state index in [2.05, 4.69) is 5.32 Å². The van der Waals surface area contributed by atoms with Gasteiger partial charge in [-0.25, -0.2) is 0 Å². The van der Waals surface area contributed by atoms with E-state index in [0.717, 1.165) is 11.3 Å². The Morgan fingerprint density at radius 1 is 1.24 bits per heavy atom. The van der Waals surface area contributed by atoms with Gasteiger partial charge in [0.25, 0.3) is 0 Å². The minimum Gasteiger partial charge on any atom is -0.454 e. The van der Waals surface area contributed by atoms with Crippen LogP contribution in [0.3, 0.4) is 0 Å². The van der Waals surface area contributed by atoms with Gasteiger partial charge in [-0.2, -0.15) is 0 Å². The van der Waals surface area contributed by atoms with Crippen LogP contribution in [-0.2, 0) is 6.54 Å². The number of nitrogens with two attached hydrogens (primary N) is 1. The molecule has 0 spiro atoms. The Morgan fingerprint density at radius 2 is 2.00 bits per heavy atom. The van der Waals surface area contributed by atoms with Crippen LogP contribution in [0.2, 0.25) is 5.02 Å². The number of carbonyl (C=O) groups excluding carboxylic acids is 1. The molecule has 6 heteroatoms. The molecule has 1 aliphatic rings. The van der Waals surface area contributed by atoms with Crippen LogP contribution in [0.5, 0.6) is 11.5 Å². The molecule has 0 unspecified atom stereocenters. The molecule has 0 fully saturated rings. The van der Waals surface area contributed by atoms with Crippen LogP contribution in [-0.4, -0.2) is 12.7 Å². The highest BCUT2D eigenvalue weighted by molar-refractivity contribution is 6.32. The second-order valence-electron chi connectivity index (χ2n) is 4.61. The fourth-order valence-electron chi connectivity index (χ4n) is 2.08. The summed E-state index contributed by atoms with van der Waals surface area (Å²) in [4.78, 5) is 11.0. The minimum absolute atomic E-state index is 0.195. The Hall–Kier alpha value is -2.40. The average Bonchev–Trinajstić information content (AvgIpc) is 2.94. The fourth-order valence-corrected chi connectivity index (χ4v) is 2.37. The molecule has 0 radical (unpaired) electrons. The maximum absolute atomic E-state index is 11.0. The van der Waals surface area contributed by atoms with Gasteiger partial charge in [-0.15, -0.1) is 0 Å². The lowest BCUT2D eigenvalue weighted by atomic mass is 10.1. The second kappa shape index (κ2) is 5.54. The van der Waals surface area contributed by atoms with Gasteiger partial charge in [0, 0.05) is 17.8 Å². The largest absolute Gasteiger partial charge is 0.454 e. The van der Waals surface area contributed by atoms with E-state index in [9.17, 15) is 4.79 Å². The summed E-state index contributed by atoms with van der Waals surface area (Å²) in [6.07, 6.45) is 0. The number of carbonyl (C=O) groups is 1. The normalized spacial score (nSPS) is 12.2. The Labute approximate surface area is 126 Å². The standard InChI is InChI=1S/C15H13ClN2O3/c16-12-5-9(6-13-14(12)21-8-20-13)7-18-11-3-1-10(2-4-11)15(17)19/h1-6,18H,7-8H2,(H2,17,19). The summed E-state index contributed by atoms with van der Waals surface area (Å²) in [7, 11) is 0. The number of halogens is 1. The Kier molecular flexibility index (Phi) is 3.58. The Bertz CT molecular complexity index is 686. The zero-order valence-corrected chi connectivity index (χ0v) is 11.8. The number of rotatable bonds is 4. The van der Waals surface area contributed by atoms with Crippen LogP contribution >= 0.6 is 11.6 Å². The van der Waals surface area contributed by atoms with Gasteiger partial charge >= 0.3 is 0 Å². The minimum atomic E-state index is -0.441. The van der Waals surface area contributed by atoms with Crippen LogP contribution in [0, 0.1) is 0 Å². The molecule has 2 aromatic carbocycles. The molecular formula is C15H13ClN2O3. The molecule has 3 N–H and O–H groups in total. The topological polar surface area (TPSA) is 73.6 Å². The van der Waals surface area contributed by atoms with Crippen molar-refractivity contribution in [2.45, 2.75) is 6.54 Å². The van der Waals surface area contributed by atoms with Gasteiger partial charge in [0.15, 0.2) is 11.5 Å². The van der Waals surface area contributed by atoms with Crippen molar-refractivity contribution in [3.8, 4) is 11.5 Å². The molecule has 108 valence electrons. The third kappa shape index (κ3) is 2.87. The number of fused-ring (bicyclic) bond motifs is 1. The maximum atomic E-state index is 11.0. The molecule has 0 saturated carbocycles. The Morgan fingerprint density at radius 3 is 2.71 bits per heavy atom. The van der Waals surface area contributed by atoms with Crippen molar-refractivity contribution in [3.63, 3.8) is 0 Å². The lowest BCUT2D eigenvalue weighted by molar-refractivity contribution is 0.100. The van der Waals surface area contributed by atoms with E-state index >= 15 is 0 Å². The lowest BCUT2D eigenvalue weighted by Crippen LogP contribution is -2.10. The fraction of sp³-hybridized carbons (Fsp3) is 0.133. The summed E-state index contributed by atoms with van der Waals surface area (Å²) in [5, 5.41) is 3.77. The first-order valence-corrected chi connectivity index (χ1v) is 6.73. The van der Waals surface area contributed by atoms with Crippen LogP contribution in [0.15, 0.2) is 36.4 Å². The molecule has 5 nitrogen and oxygen atoms in total. The number of anilines is 1. The highest BCUT2D eigenvalue weighted by Crippen LogP contribution is 2.39. The number of primary amides is 1. The van der Waals surface area contributed by atoms with Crippen molar-refractivity contribution >= 4 is 23.2 Å². The zero-order chi connectivity index (χ0) is 14.8. The quantitative estimate of drug-likeness (QED) is 0.911. The lowest BCUT2D eigenvalue weighted by Gasteiger charge is -2.08. The average molecular weight is 305 g/mol. The predicted molar refractivity (Wildman–Crippen MR) is 79.9 cm³/mol. The summed E-state index contributed by atoms with van der Waals surface area (Å²) in [5.74, 6) is 0.804. The van der Waals surface area contributed by atoms with Gasteiger partial charge < -0.3 is 20.5 Å². The molecule has 2 aromatic rings. The summed E-state index contributed by atoms with van der Waals surface area (Å²) in [5.41, 5.74) is 7.53. The van der Waals surface area contributed by atoms with Crippen LogP contribution < -0.4 is 20.5 Å². The second-order valence-corrected chi connectivity index (χ2v) is 5.01. The summed E-state index contributed by atoms with van der Waals surface area (Å²) in [6.45, 7) is 0.771. The zero-order valence-electron chi connectivity index (χ0n) is 11.1. The third-order valence-corrected chi connectivity index (χ3v) is 3.43. The Balaban J connectivity index is 1.70. The molecule has 1 aliphatic heterocycles. The van der Waals surface area contributed by atoms with E-state index in [0.29, 0.717) is 28.6 Å². The summed E-state index contributed by atoms with van der Waals surface area (Å²) < 4.78 is 10.6. The first-order chi connectivity index (χ1) is 10.1. The highest BCUT2D eigenvalue weighted by atomic mass is 35.5. The van der Waals surface area contributed by atoms with Crippen LogP contribution in [0.1, 0.15) is 15.9 Å². The van der Waals surface area contributed by atoms with Crippen LogP contribution in [0.25, 0.3) is 0 Å². The van der Waals surface area contributed by atoms with Crippen molar-refractivity contribution in [2.75, 3.05) is 12.1 Å². The molecule has 0 saturated heterocycles. The number of hydrogen-bond donors (Lipinski definition) is 2. The molecule has 0 aromatic heterocycles. The van der Waals surface area contributed by atoms with Gasteiger partial charge in [-0.3, -0.25) is 4.79 Å². The number of benzene rings is 2. The van der Waals surface area contributed by atoms with Crippen LogP contribution in [0.4, 0.5) is 5.69 Å². The van der Waals surface area contributed by atoms with Gasteiger partial charge in [0.1, 0.15) is 0 Å². The van der Waals surface area contributed by atoms with Crippen molar-refractivity contribution in [3.05, 3.63) is 52.5 Å². The van der Waals surface area contributed by atoms with E-state index in [1.807, 2.05) is 12.1 Å². The van der Waals surface area contributed by atoms with E-state index in [-0.39, 0.29) is 6.79 Å². The first-order valence-electron chi connectivity index (χ1n) is 6.35. The molecule has 0 bridgehead atoms. The van der Waals surface area contributed by atoms with Crippen molar-refractivity contribution in [1.29, 1.82) is 0 Å². The SMILES string of the molecule is NC(=O)c1ccc(NCc2cc(Cl)c3c(c2)OCO3)cc1. The van der Waals surface area contributed by atoms with Gasteiger partial charge in [-0.05, 0) is 42.0 Å². The molecule has 21 heavy (non-hydrogen) atoms. The van der Waals surface area contributed by atoms with Crippen molar-refractivity contribution in [1.82, 2.24) is 0 Å². The molecule has 1 heterocycles. The number of nitrogens with one attached hydrogen (secondary N) is 1. The smallest absolute Gasteiger partial charge is 0.248 e. The molecule has 3 rings (SSSR count). The van der Waals surface area contributed by atoms with Gasteiger partial charge in [0.05, 0.1) is 5.02 Å². The number of ether oxygens (including phenoxy) is 2. The summed E-state index contributed by atoms with van der Waals surface area (Å²) >= 11 is 6.13. The summed E-state index contributed by atoms with van der Waals surface area (Å²) in [6, 6.07) is 10.7. The predicted octanol–water partition coefficient (Wildman–Crippen LogP) is 2.78. The van der Waals surface area contributed by atoms with E-state index in [1.165, 1.54) is 0 Å². The highest BCUT2D eigenvalue weighted by Gasteiger charge is 2.18. The van der Waals surface area contributed by atoms with Crippen molar-refractivity contribution < 1.29 is 14.3 Å². The maximum Gasteiger partial charge on any atom is 0.248 e.